The zero-order valence-corrected chi connectivity index (χ0v) is 13.2. The highest BCUT2D eigenvalue weighted by atomic mass is 16.5. The maximum Gasteiger partial charge on any atom is 0.191 e. The van der Waals surface area contributed by atoms with E-state index in [1.807, 2.05) is 0 Å². The van der Waals surface area contributed by atoms with E-state index < -0.39 is 0 Å². The molecule has 0 aromatic rings. The quantitative estimate of drug-likeness (QED) is 0.289. The Kier molecular flexibility index (Phi) is 9.07. The van der Waals surface area contributed by atoms with Crippen molar-refractivity contribution < 1.29 is 4.74 Å². The lowest BCUT2D eigenvalue weighted by Crippen LogP contribution is -2.42. The first-order valence-electron chi connectivity index (χ1n) is 7.63. The lowest BCUT2D eigenvalue weighted by atomic mass is 10.2. The van der Waals surface area contributed by atoms with Crippen LogP contribution in [0.3, 0.4) is 0 Å². The lowest BCUT2D eigenvalue weighted by Gasteiger charge is -2.17. The number of hydrogen-bond acceptors (Lipinski definition) is 3. The van der Waals surface area contributed by atoms with Crippen molar-refractivity contribution in [2.45, 2.75) is 32.2 Å². The Morgan fingerprint density at radius 2 is 2.10 bits per heavy atom. The third kappa shape index (κ3) is 7.50. The van der Waals surface area contributed by atoms with E-state index in [0.717, 1.165) is 58.0 Å². The molecule has 0 spiro atoms. The van der Waals surface area contributed by atoms with Gasteiger partial charge in [0, 0.05) is 32.8 Å². The molecule has 1 aliphatic carbocycles. The van der Waals surface area contributed by atoms with E-state index in [2.05, 4.69) is 46.6 Å². The number of guanidine groups is 1. The molecule has 0 aliphatic heterocycles. The summed E-state index contributed by atoms with van der Waals surface area (Å²) in [5.41, 5.74) is 0. The maximum atomic E-state index is 5.07. The molecule has 0 heterocycles. The Morgan fingerprint density at radius 3 is 2.75 bits per heavy atom. The van der Waals surface area contributed by atoms with Gasteiger partial charge in [0.15, 0.2) is 5.96 Å². The molecule has 0 aromatic carbocycles. The monoisotopic (exact) mass is 282 g/mol. The average molecular weight is 282 g/mol. The molecular weight excluding hydrogens is 252 g/mol. The highest BCUT2D eigenvalue weighted by Gasteiger charge is 2.11. The van der Waals surface area contributed by atoms with Gasteiger partial charge in [-0.25, -0.2) is 0 Å². The van der Waals surface area contributed by atoms with E-state index in [4.69, 9.17) is 4.74 Å². The van der Waals surface area contributed by atoms with Crippen LogP contribution in [0.5, 0.6) is 0 Å². The van der Waals surface area contributed by atoms with Gasteiger partial charge >= 0.3 is 0 Å². The van der Waals surface area contributed by atoms with Crippen LogP contribution in [0.2, 0.25) is 0 Å². The standard InChI is InChI=1S/C15H30N4O/c1-4-16-15(18-14-8-5-6-9-14)17-10-7-11-19(2)12-13-20-3/h5-6,14H,4,7-13H2,1-3H3,(H2,16,17,18). The second-order valence-corrected chi connectivity index (χ2v) is 5.19. The molecule has 5 nitrogen and oxygen atoms in total. The SMILES string of the molecule is CCNC(=NCCCN(C)CCOC)NC1CC=CC1. The van der Waals surface area contributed by atoms with E-state index in [1.165, 1.54) is 0 Å². The second kappa shape index (κ2) is 10.7. The molecule has 1 aliphatic rings. The minimum Gasteiger partial charge on any atom is -0.383 e. The van der Waals surface area contributed by atoms with Crippen molar-refractivity contribution in [2.75, 3.05) is 46.9 Å². The Bertz CT molecular complexity index is 296. The van der Waals surface area contributed by atoms with Crippen molar-refractivity contribution in [3.8, 4) is 0 Å². The molecule has 2 N–H and O–H groups in total. The fourth-order valence-electron chi connectivity index (χ4n) is 2.14. The molecule has 5 heteroatoms. The van der Waals surface area contributed by atoms with Gasteiger partial charge in [-0.1, -0.05) is 12.2 Å². The van der Waals surface area contributed by atoms with E-state index in [0.29, 0.717) is 6.04 Å². The van der Waals surface area contributed by atoms with Crippen LogP contribution in [-0.2, 0) is 4.74 Å². The van der Waals surface area contributed by atoms with Crippen LogP contribution in [0.25, 0.3) is 0 Å². The number of hydrogen-bond donors (Lipinski definition) is 2. The Hall–Kier alpha value is -1.07. The molecule has 0 fully saturated rings. The highest BCUT2D eigenvalue weighted by molar-refractivity contribution is 5.80. The lowest BCUT2D eigenvalue weighted by molar-refractivity contribution is 0.161. The first-order chi connectivity index (χ1) is 9.76. The average Bonchev–Trinajstić information content (AvgIpc) is 2.94. The predicted octanol–water partition coefficient (Wildman–Crippen LogP) is 1.23. The number of ether oxygens (including phenoxy) is 1. The molecule has 0 radical (unpaired) electrons. The first kappa shape index (κ1) is 17.0. The summed E-state index contributed by atoms with van der Waals surface area (Å²) in [6.45, 7) is 6.68. The van der Waals surface area contributed by atoms with Crippen molar-refractivity contribution in [1.29, 1.82) is 0 Å². The largest absolute Gasteiger partial charge is 0.383 e. The molecule has 0 unspecified atom stereocenters. The van der Waals surface area contributed by atoms with Crippen molar-refractivity contribution >= 4 is 5.96 Å². The summed E-state index contributed by atoms with van der Waals surface area (Å²) in [6.07, 6.45) is 7.73. The van der Waals surface area contributed by atoms with Gasteiger partial charge in [-0.05, 0) is 39.8 Å². The number of nitrogens with one attached hydrogen (secondary N) is 2. The normalized spacial score (nSPS) is 16.1. The minimum atomic E-state index is 0.511. The Labute approximate surface area is 123 Å². The minimum absolute atomic E-state index is 0.511. The summed E-state index contributed by atoms with van der Waals surface area (Å²) in [5, 5.41) is 6.79. The van der Waals surface area contributed by atoms with Crippen molar-refractivity contribution in [2.24, 2.45) is 4.99 Å². The molecular formula is C15H30N4O. The third-order valence-electron chi connectivity index (χ3n) is 3.34. The van der Waals surface area contributed by atoms with Gasteiger partial charge in [-0.3, -0.25) is 4.99 Å². The van der Waals surface area contributed by atoms with Crippen LogP contribution in [-0.4, -0.2) is 63.8 Å². The second-order valence-electron chi connectivity index (χ2n) is 5.19. The van der Waals surface area contributed by atoms with Crippen LogP contribution >= 0.6 is 0 Å². The van der Waals surface area contributed by atoms with E-state index in [1.54, 1.807) is 7.11 Å². The number of aliphatic imine (C=N–C) groups is 1. The van der Waals surface area contributed by atoms with Crippen LogP contribution in [0.15, 0.2) is 17.1 Å². The Balaban J connectivity index is 2.20. The van der Waals surface area contributed by atoms with Crippen LogP contribution in [0.4, 0.5) is 0 Å². The molecule has 0 aromatic heterocycles. The molecule has 1 rings (SSSR count). The maximum absolute atomic E-state index is 5.07. The predicted molar refractivity (Wildman–Crippen MR) is 85.3 cm³/mol. The van der Waals surface area contributed by atoms with Crippen LogP contribution in [0.1, 0.15) is 26.2 Å². The smallest absolute Gasteiger partial charge is 0.191 e. The van der Waals surface area contributed by atoms with Crippen molar-refractivity contribution in [3.63, 3.8) is 0 Å². The number of methoxy groups -OCH3 is 1. The summed E-state index contributed by atoms with van der Waals surface area (Å²) < 4.78 is 5.07. The van der Waals surface area contributed by atoms with Gasteiger partial charge in [-0.2, -0.15) is 0 Å². The van der Waals surface area contributed by atoms with Gasteiger partial charge in [0.1, 0.15) is 0 Å². The fraction of sp³-hybridized carbons (Fsp3) is 0.800. The molecule has 0 saturated heterocycles. The molecule has 0 saturated carbocycles. The zero-order valence-electron chi connectivity index (χ0n) is 13.2. The number of nitrogens with zero attached hydrogens (tertiary/aromatic N) is 2. The van der Waals surface area contributed by atoms with E-state index in [9.17, 15) is 0 Å². The van der Waals surface area contributed by atoms with Gasteiger partial charge in [0.25, 0.3) is 0 Å². The molecule has 116 valence electrons. The fourth-order valence-corrected chi connectivity index (χ4v) is 2.14. The van der Waals surface area contributed by atoms with Crippen molar-refractivity contribution in [1.82, 2.24) is 15.5 Å². The zero-order chi connectivity index (χ0) is 14.6. The number of rotatable bonds is 9. The summed E-state index contributed by atoms with van der Waals surface area (Å²) >= 11 is 0. The number of likely N-dealkylation sites (N-methyl/N-ethyl adjacent to an activating group) is 1. The Morgan fingerprint density at radius 1 is 1.35 bits per heavy atom. The van der Waals surface area contributed by atoms with Gasteiger partial charge in [-0.15, -0.1) is 0 Å². The van der Waals surface area contributed by atoms with Gasteiger partial charge in [0.2, 0.25) is 0 Å². The van der Waals surface area contributed by atoms with E-state index in [-0.39, 0.29) is 0 Å². The van der Waals surface area contributed by atoms with Crippen LogP contribution in [0, 0.1) is 0 Å². The summed E-state index contributed by atoms with van der Waals surface area (Å²) in [6, 6.07) is 0.511. The molecule has 0 amide bonds. The van der Waals surface area contributed by atoms with E-state index >= 15 is 0 Å². The molecule has 0 bridgehead atoms. The summed E-state index contributed by atoms with van der Waals surface area (Å²) in [5.74, 6) is 0.945. The summed E-state index contributed by atoms with van der Waals surface area (Å²) in [7, 11) is 3.86. The van der Waals surface area contributed by atoms with Crippen molar-refractivity contribution in [3.05, 3.63) is 12.2 Å². The molecule has 20 heavy (non-hydrogen) atoms. The van der Waals surface area contributed by atoms with Gasteiger partial charge in [0.05, 0.1) is 6.61 Å². The third-order valence-corrected chi connectivity index (χ3v) is 3.34. The topological polar surface area (TPSA) is 48.9 Å². The first-order valence-corrected chi connectivity index (χ1v) is 7.63. The van der Waals surface area contributed by atoms with Crippen LogP contribution < -0.4 is 10.6 Å². The highest BCUT2D eigenvalue weighted by Crippen LogP contribution is 2.08. The molecule has 0 atom stereocenters. The summed E-state index contributed by atoms with van der Waals surface area (Å²) in [4.78, 5) is 6.92. The van der Waals surface area contributed by atoms with Gasteiger partial charge < -0.3 is 20.3 Å².